The number of carbonyl (C=O) groups excluding carboxylic acids is 1. The molecule has 0 saturated carbocycles. The number of hydrogen-bond donors (Lipinski definition) is 1. The first-order chi connectivity index (χ1) is 9.61. The molecule has 0 aromatic carbocycles. The van der Waals surface area contributed by atoms with E-state index in [-0.39, 0.29) is 24.4 Å². The molecular weight excluding hydrogens is 270 g/mol. The molecule has 0 bridgehead atoms. The van der Waals surface area contributed by atoms with E-state index in [0.717, 1.165) is 11.4 Å². The summed E-state index contributed by atoms with van der Waals surface area (Å²) in [5, 5.41) is 13.1. The normalized spacial score (nSPS) is 11.5. The standard InChI is InChI=1S/C15H25N3O3/c1-11-10-12(2)18(16-11)9-6-13(19)17(15(3,4)5)8-7-14(20)21/h10H,6-9H2,1-5H3,(H,20,21). The first kappa shape index (κ1) is 17.2. The van der Waals surface area contributed by atoms with Crippen molar-refractivity contribution < 1.29 is 14.7 Å². The molecule has 1 aromatic heterocycles. The molecule has 0 radical (unpaired) electrons. The summed E-state index contributed by atoms with van der Waals surface area (Å²) >= 11 is 0. The van der Waals surface area contributed by atoms with Crippen molar-refractivity contribution in [3.8, 4) is 0 Å². The number of rotatable bonds is 6. The van der Waals surface area contributed by atoms with Crippen LogP contribution in [-0.4, -0.2) is 43.7 Å². The highest BCUT2D eigenvalue weighted by atomic mass is 16.4. The van der Waals surface area contributed by atoms with Gasteiger partial charge < -0.3 is 10.0 Å². The maximum absolute atomic E-state index is 12.4. The fourth-order valence-corrected chi connectivity index (χ4v) is 2.28. The molecule has 6 heteroatoms. The van der Waals surface area contributed by atoms with E-state index in [2.05, 4.69) is 5.10 Å². The van der Waals surface area contributed by atoms with Crippen molar-refractivity contribution in [1.82, 2.24) is 14.7 Å². The quantitative estimate of drug-likeness (QED) is 0.871. The lowest BCUT2D eigenvalue weighted by molar-refractivity contribution is -0.140. The second-order valence-electron chi connectivity index (χ2n) is 6.26. The Hall–Kier alpha value is -1.85. The predicted octanol–water partition coefficient (Wildman–Crippen LogP) is 1.99. The van der Waals surface area contributed by atoms with Crippen LogP contribution in [0, 0.1) is 13.8 Å². The molecule has 1 N–H and O–H groups in total. The van der Waals surface area contributed by atoms with E-state index >= 15 is 0 Å². The molecule has 0 fully saturated rings. The van der Waals surface area contributed by atoms with Gasteiger partial charge in [0.25, 0.3) is 0 Å². The summed E-state index contributed by atoms with van der Waals surface area (Å²) in [5.74, 6) is -0.938. The zero-order valence-corrected chi connectivity index (χ0v) is 13.5. The van der Waals surface area contributed by atoms with Gasteiger partial charge in [0.1, 0.15) is 0 Å². The lowest BCUT2D eigenvalue weighted by atomic mass is 10.0. The fraction of sp³-hybridized carbons (Fsp3) is 0.667. The molecule has 0 aliphatic heterocycles. The number of aliphatic carboxylic acids is 1. The summed E-state index contributed by atoms with van der Waals surface area (Å²) < 4.78 is 1.81. The van der Waals surface area contributed by atoms with Crippen molar-refractivity contribution in [3.63, 3.8) is 0 Å². The van der Waals surface area contributed by atoms with Gasteiger partial charge in [-0.05, 0) is 40.7 Å². The predicted molar refractivity (Wildman–Crippen MR) is 80.0 cm³/mol. The molecule has 0 atom stereocenters. The molecule has 0 aliphatic carbocycles. The van der Waals surface area contributed by atoms with Gasteiger partial charge in [-0.1, -0.05) is 0 Å². The van der Waals surface area contributed by atoms with Crippen LogP contribution in [-0.2, 0) is 16.1 Å². The number of carbonyl (C=O) groups is 2. The van der Waals surface area contributed by atoms with Crippen molar-refractivity contribution in [1.29, 1.82) is 0 Å². The summed E-state index contributed by atoms with van der Waals surface area (Å²) in [6, 6.07) is 1.97. The van der Waals surface area contributed by atoms with Gasteiger partial charge in [-0.15, -0.1) is 0 Å². The first-order valence-electron chi connectivity index (χ1n) is 7.14. The first-order valence-corrected chi connectivity index (χ1v) is 7.14. The van der Waals surface area contributed by atoms with Gasteiger partial charge in [-0.2, -0.15) is 5.10 Å². The van der Waals surface area contributed by atoms with Gasteiger partial charge >= 0.3 is 5.97 Å². The maximum atomic E-state index is 12.4. The van der Waals surface area contributed by atoms with Crippen LogP contribution < -0.4 is 0 Å². The lowest BCUT2D eigenvalue weighted by Crippen LogP contribution is -2.46. The van der Waals surface area contributed by atoms with Crippen LogP contribution in [0.5, 0.6) is 0 Å². The number of nitrogens with zero attached hydrogens (tertiary/aromatic N) is 3. The third-order valence-electron chi connectivity index (χ3n) is 3.30. The van der Waals surface area contributed by atoms with Crippen LogP contribution in [0.15, 0.2) is 6.07 Å². The van der Waals surface area contributed by atoms with E-state index in [4.69, 9.17) is 5.11 Å². The third kappa shape index (κ3) is 5.21. The number of hydrogen-bond acceptors (Lipinski definition) is 3. The smallest absolute Gasteiger partial charge is 0.305 e. The Morgan fingerprint density at radius 1 is 1.29 bits per heavy atom. The molecule has 118 valence electrons. The van der Waals surface area contributed by atoms with Crippen LogP contribution >= 0.6 is 0 Å². The summed E-state index contributed by atoms with van der Waals surface area (Å²) in [6.07, 6.45) is 0.280. The Morgan fingerprint density at radius 2 is 1.90 bits per heavy atom. The van der Waals surface area contributed by atoms with Gasteiger partial charge in [-0.25, -0.2) is 0 Å². The van der Waals surface area contributed by atoms with Crippen molar-refractivity contribution in [2.24, 2.45) is 0 Å². The number of amides is 1. The Labute approximate surface area is 125 Å². The van der Waals surface area contributed by atoms with Gasteiger partial charge in [0.2, 0.25) is 5.91 Å². The number of carboxylic acids is 1. The van der Waals surface area contributed by atoms with E-state index in [1.807, 2.05) is 45.4 Å². The zero-order valence-electron chi connectivity index (χ0n) is 13.5. The molecule has 0 spiro atoms. The molecular formula is C15H25N3O3. The third-order valence-corrected chi connectivity index (χ3v) is 3.30. The van der Waals surface area contributed by atoms with Crippen molar-refractivity contribution in [2.45, 2.75) is 59.5 Å². The maximum Gasteiger partial charge on any atom is 0.305 e. The van der Waals surface area contributed by atoms with E-state index in [9.17, 15) is 9.59 Å². The van der Waals surface area contributed by atoms with Crippen molar-refractivity contribution >= 4 is 11.9 Å². The number of aryl methyl sites for hydroxylation is 3. The monoisotopic (exact) mass is 295 g/mol. The van der Waals surface area contributed by atoms with Crippen LogP contribution in [0.3, 0.4) is 0 Å². The second kappa shape index (κ2) is 6.74. The Bertz CT molecular complexity index is 515. The highest BCUT2D eigenvalue weighted by molar-refractivity contribution is 5.77. The number of carboxylic acid groups (broad SMARTS) is 1. The van der Waals surface area contributed by atoms with Crippen molar-refractivity contribution in [3.05, 3.63) is 17.5 Å². The molecule has 21 heavy (non-hydrogen) atoms. The van der Waals surface area contributed by atoms with E-state index in [1.54, 1.807) is 4.90 Å². The zero-order chi connectivity index (χ0) is 16.2. The van der Waals surface area contributed by atoms with Crippen LogP contribution in [0.4, 0.5) is 0 Å². The molecule has 0 saturated heterocycles. The van der Waals surface area contributed by atoms with E-state index in [1.165, 1.54) is 0 Å². The summed E-state index contributed by atoms with van der Waals surface area (Å²) in [7, 11) is 0. The molecule has 6 nitrogen and oxygen atoms in total. The summed E-state index contributed by atoms with van der Waals surface area (Å²) in [4.78, 5) is 24.7. The lowest BCUT2D eigenvalue weighted by Gasteiger charge is -2.35. The minimum absolute atomic E-state index is 0.0388. The Kier molecular flexibility index (Phi) is 5.52. The second-order valence-corrected chi connectivity index (χ2v) is 6.26. The van der Waals surface area contributed by atoms with Crippen LogP contribution in [0.25, 0.3) is 0 Å². The topological polar surface area (TPSA) is 75.4 Å². The van der Waals surface area contributed by atoms with Gasteiger partial charge in [0.05, 0.1) is 12.1 Å². The summed E-state index contributed by atoms with van der Waals surface area (Å²) in [6.45, 7) is 10.4. The van der Waals surface area contributed by atoms with Crippen molar-refractivity contribution in [2.75, 3.05) is 6.54 Å². The Balaban J connectivity index is 2.68. The Morgan fingerprint density at radius 3 is 2.33 bits per heavy atom. The van der Waals surface area contributed by atoms with Gasteiger partial charge in [0.15, 0.2) is 0 Å². The average molecular weight is 295 g/mol. The fourth-order valence-electron chi connectivity index (χ4n) is 2.28. The molecule has 1 rings (SSSR count). The molecule has 1 amide bonds. The highest BCUT2D eigenvalue weighted by Crippen LogP contribution is 2.16. The molecule has 1 heterocycles. The van der Waals surface area contributed by atoms with Gasteiger partial charge in [-0.3, -0.25) is 14.3 Å². The van der Waals surface area contributed by atoms with E-state index < -0.39 is 5.97 Å². The minimum atomic E-state index is -0.893. The summed E-state index contributed by atoms with van der Waals surface area (Å²) in [5.41, 5.74) is 1.56. The van der Waals surface area contributed by atoms with Crippen LogP contribution in [0.2, 0.25) is 0 Å². The number of aromatic nitrogens is 2. The molecule has 1 aromatic rings. The minimum Gasteiger partial charge on any atom is -0.481 e. The molecule has 0 unspecified atom stereocenters. The van der Waals surface area contributed by atoms with E-state index in [0.29, 0.717) is 13.0 Å². The molecule has 0 aliphatic rings. The SMILES string of the molecule is Cc1cc(C)n(CCC(=O)N(CCC(=O)O)C(C)(C)C)n1. The van der Waals surface area contributed by atoms with Crippen LogP contribution in [0.1, 0.15) is 45.0 Å². The van der Waals surface area contributed by atoms with Gasteiger partial charge in [0, 0.05) is 30.7 Å². The average Bonchev–Trinajstić information content (AvgIpc) is 2.63. The highest BCUT2D eigenvalue weighted by Gasteiger charge is 2.26. The largest absolute Gasteiger partial charge is 0.481 e.